The van der Waals surface area contributed by atoms with Gasteiger partial charge in [-0.3, -0.25) is 4.79 Å². The minimum absolute atomic E-state index is 0.0674. The highest BCUT2D eigenvalue weighted by Crippen LogP contribution is 2.40. The summed E-state index contributed by atoms with van der Waals surface area (Å²) < 4.78 is 37.4. The lowest BCUT2D eigenvalue weighted by Gasteiger charge is -2.12. The molecule has 0 radical (unpaired) electrons. The number of carbonyl (C=O) groups excluding carboxylic acids is 1. The molecule has 110 valence electrons. The number of nitrogens with two attached hydrogens (primary N) is 1. The van der Waals surface area contributed by atoms with E-state index in [2.05, 4.69) is 5.32 Å². The summed E-state index contributed by atoms with van der Waals surface area (Å²) in [4.78, 5) is 12.0. The first-order chi connectivity index (χ1) is 9.85. The zero-order chi connectivity index (χ0) is 15.5. The number of carbonyl (C=O) groups is 1. The summed E-state index contributed by atoms with van der Waals surface area (Å²) in [7, 11) is 0. The summed E-state index contributed by atoms with van der Waals surface area (Å²) in [5.74, 6) is -0.516. The Morgan fingerprint density at radius 1 is 1.10 bits per heavy atom. The van der Waals surface area contributed by atoms with Crippen molar-refractivity contribution in [3.05, 3.63) is 54.1 Å². The first kappa shape index (κ1) is 15.2. The number of hydrogen-bond donors (Lipinski definition) is 2. The molecule has 0 spiro atoms. The Morgan fingerprint density at radius 2 is 1.81 bits per heavy atom. The number of anilines is 2. The van der Waals surface area contributed by atoms with Gasteiger partial charge in [-0.2, -0.15) is 13.2 Å². The van der Waals surface area contributed by atoms with Gasteiger partial charge in [0.25, 0.3) is 5.91 Å². The Hall–Kier alpha value is -2.15. The van der Waals surface area contributed by atoms with Crippen molar-refractivity contribution >= 4 is 29.0 Å². The van der Waals surface area contributed by atoms with Crippen molar-refractivity contribution in [1.29, 1.82) is 0 Å². The van der Waals surface area contributed by atoms with Crippen molar-refractivity contribution in [1.82, 2.24) is 0 Å². The fourth-order valence-corrected chi connectivity index (χ4v) is 2.28. The van der Waals surface area contributed by atoms with Crippen molar-refractivity contribution in [2.75, 3.05) is 11.1 Å². The molecule has 2 aromatic carbocycles. The minimum atomic E-state index is -4.42. The van der Waals surface area contributed by atoms with E-state index in [1.165, 1.54) is 30.3 Å². The molecule has 3 N–H and O–H groups in total. The molecular weight excluding hydrogens is 301 g/mol. The lowest BCUT2D eigenvalue weighted by molar-refractivity contribution is -0.0328. The van der Waals surface area contributed by atoms with Crippen LogP contribution in [0.2, 0.25) is 0 Å². The molecular formula is C14H11F3N2OS. The largest absolute Gasteiger partial charge is 0.446 e. The number of rotatable bonds is 3. The number of alkyl halides is 3. The maximum absolute atomic E-state index is 12.5. The van der Waals surface area contributed by atoms with Gasteiger partial charge in [0.05, 0.1) is 5.69 Å². The summed E-state index contributed by atoms with van der Waals surface area (Å²) in [6, 6.07) is 11.9. The van der Waals surface area contributed by atoms with E-state index in [4.69, 9.17) is 5.73 Å². The minimum Gasteiger partial charge on any atom is -0.399 e. The molecule has 0 unspecified atom stereocenters. The van der Waals surface area contributed by atoms with Crippen LogP contribution in [-0.2, 0) is 0 Å². The normalized spacial score (nSPS) is 11.2. The first-order valence-corrected chi connectivity index (χ1v) is 6.68. The number of benzene rings is 2. The van der Waals surface area contributed by atoms with Gasteiger partial charge >= 0.3 is 5.51 Å². The van der Waals surface area contributed by atoms with Crippen molar-refractivity contribution < 1.29 is 18.0 Å². The van der Waals surface area contributed by atoms with Gasteiger partial charge in [-0.15, -0.1) is 0 Å². The summed E-state index contributed by atoms with van der Waals surface area (Å²) in [5, 5.41) is 2.46. The van der Waals surface area contributed by atoms with E-state index in [-0.39, 0.29) is 27.9 Å². The third-order valence-electron chi connectivity index (χ3n) is 2.51. The number of thioether (sulfide) groups is 1. The summed E-state index contributed by atoms with van der Waals surface area (Å²) in [6.45, 7) is 0. The lowest BCUT2D eigenvalue weighted by Crippen LogP contribution is -2.13. The van der Waals surface area contributed by atoms with Crippen molar-refractivity contribution in [3.63, 3.8) is 0 Å². The van der Waals surface area contributed by atoms with E-state index < -0.39 is 11.4 Å². The molecule has 3 nitrogen and oxygen atoms in total. The molecule has 1 amide bonds. The smallest absolute Gasteiger partial charge is 0.399 e. The Balaban J connectivity index is 2.22. The van der Waals surface area contributed by atoms with E-state index >= 15 is 0 Å². The van der Waals surface area contributed by atoms with Gasteiger partial charge < -0.3 is 11.1 Å². The van der Waals surface area contributed by atoms with Crippen LogP contribution in [0.1, 0.15) is 10.4 Å². The van der Waals surface area contributed by atoms with Gasteiger partial charge in [-0.1, -0.05) is 18.2 Å². The van der Waals surface area contributed by atoms with Crippen LogP contribution in [0.5, 0.6) is 0 Å². The topological polar surface area (TPSA) is 55.1 Å². The van der Waals surface area contributed by atoms with Crippen molar-refractivity contribution in [3.8, 4) is 0 Å². The molecule has 2 aromatic rings. The van der Waals surface area contributed by atoms with Crippen molar-refractivity contribution in [2.24, 2.45) is 0 Å². The molecule has 0 aliphatic carbocycles. The SMILES string of the molecule is Nc1cccc(C(=O)Nc2ccccc2SC(F)(F)F)c1. The number of halogens is 3. The highest BCUT2D eigenvalue weighted by Gasteiger charge is 2.30. The third kappa shape index (κ3) is 4.42. The fourth-order valence-electron chi connectivity index (χ4n) is 1.66. The molecule has 0 fully saturated rings. The van der Waals surface area contributed by atoms with Crippen LogP contribution in [-0.4, -0.2) is 11.4 Å². The van der Waals surface area contributed by atoms with Crippen LogP contribution >= 0.6 is 11.8 Å². The molecule has 0 aliphatic heterocycles. The average molecular weight is 312 g/mol. The number of para-hydroxylation sites is 1. The van der Waals surface area contributed by atoms with Crippen LogP contribution in [0.15, 0.2) is 53.4 Å². The summed E-state index contributed by atoms with van der Waals surface area (Å²) in [6.07, 6.45) is 0. The van der Waals surface area contributed by atoms with Gasteiger partial charge in [-0.05, 0) is 42.1 Å². The number of hydrogen-bond acceptors (Lipinski definition) is 3. The van der Waals surface area contributed by atoms with E-state index in [0.717, 1.165) is 0 Å². The van der Waals surface area contributed by atoms with E-state index in [0.29, 0.717) is 5.69 Å². The summed E-state index contributed by atoms with van der Waals surface area (Å²) in [5.41, 5.74) is 1.94. The molecule has 0 aromatic heterocycles. The maximum Gasteiger partial charge on any atom is 0.446 e. The Morgan fingerprint density at radius 3 is 2.48 bits per heavy atom. The quantitative estimate of drug-likeness (QED) is 0.662. The highest BCUT2D eigenvalue weighted by atomic mass is 32.2. The molecule has 0 saturated heterocycles. The molecule has 0 bridgehead atoms. The Bertz CT molecular complexity index is 659. The lowest BCUT2D eigenvalue weighted by atomic mass is 10.2. The molecule has 0 saturated carbocycles. The van der Waals surface area contributed by atoms with Crippen LogP contribution in [0.25, 0.3) is 0 Å². The second-order valence-electron chi connectivity index (χ2n) is 4.12. The standard InChI is InChI=1S/C14H11F3N2OS/c15-14(16,17)21-12-7-2-1-6-11(12)19-13(20)9-4-3-5-10(18)8-9/h1-8H,18H2,(H,19,20). The van der Waals surface area contributed by atoms with Gasteiger partial charge in [0, 0.05) is 16.1 Å². The zero-order valence-corrected chi connectivity index (χ0v) is 11.5. The van der Waals surface area contributed by atoms with Gasteiger partial charge in [0.15, 0.2) is 0 Å². The predicted octanol–water partition coefficient (Wildman–Crippen LogP) is 4.13. The zero-order valence-electron chi connectivity index (χ0n) is 10.6. The molecule has 2 rings (SSSR count). The monoisotopic (exact) mass is 312 g/mol. The maximum atomic E-state index is 12.5. The molecule has 7 heteroatoms. The van der Waals surface area contributed by atoms with Gasteiger partial charge in [0.1, 0.15) is 0 Å². The number of amides is 1. The number of nitrogens with one attached hydrogen (secondary N) is 1. The highest BCUT2D eigenvalue weighted by molar-refractivity contribution is 8.00. The third-order valence-corrected chi connectivity index (χ3v) is 3.32. The van der Waals surface area contributed by atoms with Crippen LogP contribution < -0.4 is 11.1 Å². The van der Waals surface area contributed by atoms with E-state index in [1.54, 1.807) is 18.2 Å². The predicted molar refractivity (Wildman–Crippen MR) is 77.2 cm³/mol. The Labute approximate surface area is 123 Å². The molecule has 0 heterocycles. The van der Waals surface area contributed by atoms with Crippen LogP contribution in [0, 0.1) is 0 Å². The van der Waals surface area contributed by atoms with Gasteiger partial charge in [-0.25, -0.2) is 0 Å². The second-order valence-corrected chi connectivity index (χ2v) is 5.23. The Kier molecular flexibility index (Phi) is 4.42. The van der Waals surface area contributed by atoms with Crippen LogP contribution in [0.4, 0.5) is 24.5 Å². The van der Waals surface area contributed by atoms with E-state index in [9.17, 15) is 18.0 Å². The van der Waals surface area contributed by atoms with Crippen LogP contribution in [0.3, 0.4) is 0 Å². The number of nitrogen functional groups attached to an aromatic ring is 1. The van der Waals surface area contributed by atoms with Gasteiger partial charge in [0.2, 0.25) is 0 Å². The molecule has 0 aliphatic rings. The molecule has 21 heavy (non-hydrogen) atoms. The van der Waals surface area contributed by atoms with E-state index in [1.807, 2.05) is 0 Å². The fraction of sp³-hybridized carbons (Fsp3) is 0.0714. The summed E-state index contributed by atoms with van der Waals surface area (Å²) >= 11 is -0.272. The second kappa shape index (κ2) is 6.09. The first-order valence-electron chi connectivity index (χ1n) is 5.87. The van der Waals surface area contributed by atoms with Crippen molar-refractivity contribution in [2.45, 2.75) is 10.4 Å². The molecule has 0 atom stereocenters. The average Bonchev–Trinajstić information content (AvgIpc) is 2.39.